The van der Waals surface area contributed by atoms with Crippen molar-refractivity contribution < 1.29 is 4.74 Å². The third kappa shape index (κ3) is 3.16. The van der Waals surface area contributed by atoms with E-state index in [-0.39, 0.29) is 10.8 Å². The lowest BCUT2D eigenvalue weighted by Crippen LogP contribution is -2.23. The van der Waals surface area contributed by atoms with Crippen molar-refractivity contribution in [2.75, 3.05) is 0 Å². The summed E-state index contributed by atoms with van der Waals surface area (Å²) in [5, 5.41) is 0.217. The van der Waals surface area contributed by atoms with Gasteiger partial charge in [-0.1, -0.05) is 39.0 Å². The summed E-state index contributed by atoms with van der Waals surface area (Å²) in [5.41, 5.74) is 1.51. The SMILES string of the molecule is CC(C)(C)C(Cl)CCC1Cc2ccccc2O1. The van der Waals surface area contributed by atoms with Crippen LogP contribution in [0.15, 0.2) is 24.3 Å². The number of rotatable bonds is 3. The minimum Gasteiger partial charge on any atom is -0.490 e. The molecule has 1 aliphatic rings. The highest BCUT2D eigenvalue weighted by Crippen LogP contribution is 2.33. The second-order valence-corrected chi connectivity index (χ2v) is 6.49. The number of halogens is 1. The Kier molecular flexibility index (Phi) is 3.67. The van der Waals surface area contributed by atoms with Crippen molar-refractivity contribution in [2.24, 2.45) is 5.41 Å². The molecule has 0 saturated carbocycles. The molecule has 1 aliphatic heterocycles. The molecule has 0 aliphatic carbocycles. The molecule has 2 heteroatoms. The highest BCUT2D eigenvalue weighted by Gasteiger charge is 2.26. The van der Waals surface area contributed by atoms with Crippen LogP contribution >= 0.6 is 11.6 Å². The molecule has 2 unspecified atom stereocenters. The molecule has 17 heavy (non-hydrogen) atoms. The van der Waals surface area contributed by atoms with Crippen LogP contribution in [0.25, 0.3) is 0 Å². The molecule has 0 bridgehead atoms. The predicted octanol–water partition coefficient (Wildman–Crippen LogP) is 4.42. The number of alkyl halides is 1. The number of fused-ring (bicyclic) bond motifs is 1. The first-order valence-corrected chi connectivity index (χ1v) is 6.79. The van der Waals surface area contributed by atoms with Gasteiger partial charge < -0.3 is 4.74 Å². The molecule has 0 N–H and O–H groups in total. The largest absolute Gasteiger partial charge is 0.490 e. The van der Waals surface area contributed by atoms with Gasteiger partial charge in [0.25, 0.3) is 0 Å². The lowest BCUT2D eigenvalue weighted by molar-refractivity contribution is 0.209. The molecule has 0 spiro atoms. The quantitative estimate of drug-likeness (QED) is 0.724. The lowest BCUT2D eigenvalue weighted by Gasteiger charge is -2.25. The second-order valence-electron chi connectivity index (χ2n) is 5.96. The van der Waals surface area contributed by atoms with Crippen LogP contribution in [0.5, 0.6) is 5.75 Å². The molecular formula is C15H21ClO. The summed E-state index contributed by atoms with van der Waals surface area (Å²) in [6, 6.07) is 8.30. The van der Waals surface area contributed by atoms with Crippen molar-refractivity contribution in [1.82, 2.24) is 0 Å². The van der Waals surface area contributed by atoms with Crippen LogP contribution in [0.4, 0.5) is 0 Å². The first kappa shape index (κ1) is 12.8. The average molecular weight is 253 g/mol. The van der Waals surface area contributed by atoms with Crippen molar-refractivity contribution in [3.8, 4) is 5.75 Å². The average Bonchev–Trinajstić information content (AvgIpc) is 2.66. The van der Waals surface area contributed by atoms with Gasteiger partial charge in [-0.05, 0) is 29.9 Å². The maximum atomic E-state index is 6.39. The minimum atomic E-state index is 0.174. The van der Waals surface area contributed by atoms with E-state index in [1.54, 1.807) is 0 Å². The van der Waals surface area contributed by atoms with E-state index in [4.69, 9.17) is 16.3 Å². The topological polar surface area (TPSA) is 9.23 Å². The van der Waals surface area contributed by atoms with Crippen molar-refractivity contribution in [1.29, 1.82) is 0 Å². The van der Waals surface area contributed by atoms with Gasteiger partial charge in [0.1, 0.15) is 11.9 Å². The Balaban J connectivity index is 1.85. The summed E-state index contributed by atoms with van der Waals surface area (Å²) in [4.78, 5) is 0. The Hall–Kier alpha value is -0.690. The summed E-state index contributed by atoms with van der Waals surface area (Å²) < 4.78 is 5.91. The van der Waals surface area contributed by atoms with Crippen LogP contribution < -0.4 is 4.74 Å². The standard InChI is InChI=1S/C15H21ClO/c1-15(2,3)14(16)9-8-12-10-11-6-4-5-7-13(11)17-12/h4-7,12,14H,8-10H2,1-3H3. The molecule has 2 atom stereocenters. The van der Waals surface area contributed by atoms with Crippen molar-refractivity contribution in [3.63, 3.8) is 0 Å². The molecule has 0 amide bonds. The van der Waals surface area contributed by atoms with Gasteiger partial charge in [-0.25, -0.2) is 0 Å². The van der Waals surface area contributed by atoms with Crippen molar-refractivity contribution >= 4 is 11.6 Å². The van der Waals surface area contributed by atoms with Crippen LogP contribution in [0.3, 0.4) is 0 Å². The number of benzene rings is 1. The van der Waals surface area contributed by atoms with E-state index in [0.29, 0.717) is 6.10 Å². The summed E-state index contributed by atoms with van der Waals surface area (Å²) in [6.07, 6.45) is 3.41. The molecule has 2 rings (SSSR count). The third-order valence-corrected chi connectivity index (χ3v) is 4.27. The number of hydrogen-bond donors (Lipinski definition) is 0. The summed E-state index contributed by atoms with van der Waals surface area (Å²) in [7, 11) is 0. The minimum absolute atomic E-state index is 0.174. The molecule has 1 nitrogen and oxygen atoms in total. The maximum Gasteiger partial charge on any atom is 0.123 e. The van der Waals surface area contributed by atoms with Crippen molar-refractivity contribution in [3.05, 3.63) is 29.8 Å². The van der Waals surface area contributed by atoms with Gasteiger partial charge in [0.05, 0.1) is 0 Å². The Morgan fingerprint density at radius 3 is 2.71 bits per heavy atom. The molecule has 0 radical (unpaired) electrons. The van der Waals surface area contributed by atoms with Crippen LogP contribution in [0.2, 0.25) is 0 Å². The summed E-state index contributed by atoms with van der Waals surface area (Å²) in [5.74, 6) is 1.05. The third-order valence-electron chi connectivity index (χ3n) is 3.40. The number of ether oxygens (including phenoxy) is 1. The van der Waals surface area contributed by atoms with E-state index >= 15 is 0 Å². The van der Waals surface area contributed by atoms with Crippen molar-refractivity contribution in [2.45, 2.75) is 51.5 Å². The first-order chi connectivity index (χ1) is 7.97. The smallest absolute Gasteiger partial charge is 0.123 e. The zero-order valence-corrected chi connectivity index (χ0v) is 11.6. The maximum absolute atomic E-state index is 6.39. The molecular weight excluding hydrogens is 232 g/mol. The summed E-state index contributed by atoms with van der Waals surface area (Å²) in [6.45, 7) is 6.57. The number of hydrogen-bond acceptors (Lipinski definition) is 1. The highest BCUT2D eigenvalue weighted by atomic mass is 35.5. The van der Waals surface area contributed by atoms with Gasteiger partial charge in [0, 0.05) is 11.8 Å². The molecule has 1 aromatic rings. The molecule has 0 fully saturated rings. The molecule has 1 heterocycles. The van der Waals surface area contributed by atoms with Crippen LogP contribution in [0, 0.1) is 5.41 Å². The van der Waals surface area contributed by atoms with E-state index < -0.39 is 0 Å². The van der Waals surface area contributed by atoms with Crippen LogP contribution in [-0.2, 0) is 6.42 Å². The Bertz CT molecular complexity index is 356. The Morgan fingerprint density at radius 1 is 1.35 bits per heavy atom. The molecule has 1 aromatic carbocycles. The van der Waals surface area contributed by atoms with Gasteiger partial charge in [0.15, 0.2) is 0 Å². The Labute approximate surface area is 109 Å². The van der Waals surface area contributed by atoms with E-state index in [1.165, 1.54) is 5.56 Å². The number of para-hydroxylation sites is 1. The second kappa shape index (κ2) is 4.89. The molecule has 94 valence electrons. The van der Waals surface area contributed by atoms with E-state index in [2.05, 4.69) is 39.0 Å². The zero-order valence-electron chi connectivity index (χ0n) is 10.9. The zero-order chi connectivity index (χ0) is 12.5. The molecule has 0 aromatic heterocycles. The van der Waals surface area contributed by atoms with Crippen LogP contribution in [0.1, 0.15) is 39.2 Å². The summed E-state index contributed by atoms with van der Waals surface area (Å²) >= 11 is 6.39. The van der Waals surface area contributed by atoms with Crippen LogP contribution in [-0.4, -0.2) is 11.5 Å². The van der Waals surface area contributed by atoms with E-state index in [9.17, 15) is 0 Å². The first-order valence-electron chi connectivity index (χ1n) is 6.35. The van der Waals surface area contributed by atoms with Gasteiger partial charge >= 0.3 is 0 Å². The highest BCUT2D eigenvalue weighted by molar-refractivity contribution is 6.21. The molecule has 0 saturated heterocycles. The Morgan fingerprint density at radius 2 is 2.06 bits per heavy atom. The predicted molar refractivity (Wildman–Crippen MR) is 72.9 cm³/mol. The fourth-order valence-corrected chi connectivity index (χ4v) is 2.31. The van der Waals surface area contributed by atoms with Gasteiger partial charge in [-0.15, -0.1) is 11.6 Å². The van der Waals surface area contributed by atoms with Gasteiger partial charge in [-0.3, -0.25) is 0 Å². The normalized spacial score (nSPS) is 20.8. The fourth-order valence-electron chi connectivity index (χ4n) is 2.18. The van der Waals surface area contributed by atoms with Gasteiger partial charge in [0.2, 0.25) is 0 Å². The lowest BCUT2D eigenvalue weighted by atomic mass is 9.88. The monoisotopic (exact) mass is 252 g/mol. The van der Waals surface area contributed by atoms with E-state index in [1.807, 2.05) is 6.07 Å². The van der Waals surface area contributed by atoms with Gasteiger partial charge in [-0.2, -0.15) is 0 Å². The van der Waals surface area contributed by atoms with E-state index in [0.717, 1.165) is 25.0 Å². The fraction of sp³-hybridized carbons (Fsp3) is 0.600.